The van der Waals surface area contributed by atoms with E-state index in [0.29, 0.717) is 25.2 Å². The van der Waals surface area contributed by atoms with Gasteiger partial charge < -0.3 is 10.6 Å². The Morgan fingerprint density at radius 3 is 2.45 bits per heavy atom. The van der Waals surface area contributed by atoms with Crippen LogP contribution in [-0.2, 0) is 4.79 Å². The summed E-state index contributed by atoms with van der Waals surface area (Å²) in [4.78, 5) is 13.0. The van der Waals surface area contributed by atoms with Gasteiger partial charge in [0, 0.05) is 19.4 Å². The van der Waals surface area contributed by atoms with Crippen LogP contribution in [0.15, 0.2) is 0 Å². The lowest BCUT2D eigenvalue weighted by Crippen LogP contribution is -2.17. The van der Waals surface area contributed by atoms with E-state index >= 15 is 0 Å². The fraction of sp³-hybridized carbons (Fsp3) is 0.875. The van der Waals surface area contributed by atoms with Crippen LogP contribution in [0.25, 0.3) is 0 Å². The molecule has 0 saturated heterocycles. The van der Waals surface area contributed by atoms with Crippen LogP contribution in [0.3, 0.4) is 0 Å². The summed E-state index contributed by atoms with van der Waals surface area (Å²) < 4.78 is 0. The molecular weight excluding hydrogens is 140 g/mol. The van der Waals surface area contributed by atoms with Crippen molar-refractivity contribution in [2.24, 2.45) is 5.73 Å². The lowest BCUT2D eigenvalue weighted by Gasteiger charge is -2.07. The first-order chi connectivity index (χ1) is 5.16. The smallest absolute Gasteiger partial charge is 0.134 e. The summed E-state index contributed by atoms with van der Waals surface area (Å²) in [7, 11) is 3.94. The van der Waals surface area contributed by atoms with E-state index in [1.54, 1.807) is 0 Å². The lowest BCUT2D eigenvalue weighted by atomic mass is 10.1. The van der Waals surface area contributed by atoms with E-state index in [-0.39, 0.29) is 0 Å². The van der Waals surface area contributed by atoms with Crippen LogP contribution in [0.1, 0.15) is 19.3 Å². The van der Waals surface area contributed by atoms with E-state index in [2.05, 4.69) is 0 Å². The molecule has 0 aliphatic heterocycles. The molecule has 0 aliphatic rings. The minimum absolute atomic E-state index is 0.323. The van der Waals surface area contributed by atoms with Gasteiger partial charge in [0.25, 0.3) is 0 Å². The van der Waals surface area contributed by atoms with Gasteiger partial charge in [0.1, 0.15) is 5.78 Å². The predicted molar refractivity (Wildman–Crippen MR) is 46.5 cm³/mol. The molecule has 0 aromatic heterocycles. The van der Waals surface area contributed by atoms with E-state index in [1.807, 2.05) is 19.0 Å². The third-order valence-corrected chi connectivity index (χ3v) is 1.50. The van der Waals surface area contributed by atoms with Crippen molar-refractivity contribution in [3.63, 3.8) is 0 Å². The van der Waals surface area contributed by atoms with E-state index in [9.17, 15) is 4.79 Å². The number of hydrogen-bond donors (Lipinski definition) is 1. The summed E-state index contributed by atoms with van der Waals surface area (Å²) in [6.45, 7) is 1.47. The molecule has 0 aromatic rings. The lowest BCUT2D eigenvalue weighted by molar-refractivity contribution is -0.119. The molecule has 0 aromatic carbocycles. The van der Waals surface area contributed by atoms with E-state index in [4.69, 9.17) is 5.73 Å². The number of rotatable bonds is 6. The van der Waals surface area contributed by atoms with Crippen molar-refractivity contribution in [1.29, 1.82) is 0 Å². The molecule has 2 N–H and O–H groups in total. The molecule has 11 heavy (non-hydrogen) atoms. The van der Waals surface area contributed by atoms with E-state index < -0.39 is 0 Å². The number of nitrogens with zero attached hydrogens (tertiary/aromatic N) is 1. The fourth-order valence-corrected chi connectivity index (χ4v) is 0.773. The van der Waals surface area contributed by atoms with Gasteiger partial charge in [0.2, 0.25) is 0 Å². The molecule has 3 heteroatoms. The maximum absolute atomic E-state index is 11.0. The third kappa shape index (κ3) is 7.49. The summed E-state index contributed by atoms with van der Waals surface area (Å²) in [5.41, 5.74) is 5.27. The molecule has 0 radical (unpaired) electrons. The second kappa shape index (κ2) is 6.31. The monoisotopic (exact) mass is 158 g/mol. The van der Waals surface area contributed by atoms with Gasteiger partial charge in [-0.1, -0.05) is 0 Å². The Hall–Kier alpha value is -0.410. The highest BCUT2D eigenvalue weighted by atomic mass is 16.1. The molecule has 0 unspecified atom stereocenters. The number of Topliss-reactive ketones (excluding diaryl/α,β-unsaturated/α-hetero) is 1. The van der Waals surface area contributed by atoms with Gasteiger partial charge in [-0.3, -0.25) is 4.79 Å². The zero-order valence-corrected chi connectivity index (χ0v) is 7.47. The Balaban J connectivity index is 3.23. The number of nitrogens with two attached hydrogens (primary N) is 1. The topological polar surface area (TPSA) is 46.3 Å². The minimum atomic E-state index is 0.323. The Morgan fingerprint density at radius 2 is 2.00 bits per heavy atom. The maximum atomic E-state index is 11.0. The molecular formula is C8H18N2O. The Morgan fingerprint density at radius 1 is 1.36 bits per heavy atom. The normalized spacial score (nSPS) is 10.5. The molecule has 0 bridgehead atoms. The van der Waals surface area contributed by atoms with Gasteiger partial charge in [-0.2, -0.15) is 0 Å². The van der Waals surface area contributed by atoms with Crippen molar-refractivity contribution in [2.45, 2.75) is 19.3 Å². The largest absolute Gasteiger partial charge is 0.330 e. The SMILES string of the molecule is CN(C)CCC(=O)CCCN. The molecule has 0 amide bonds. The van der Waals surface area contributed by atoms with Crippen molar-refractivity contribution in [1.82, 2.24) is 4.90 Å². The number of carbonyl (C=O) groups excluding carboxylic acids is 1. The van der Waals surface area contributed by atoms with Gasteiger partial charge in [0.15, 0.2) is 0 Å². The van der Waals surface area contributed by atoms with Crippen molar-refractivity contribution < 1.29 is 4.79 Å². The average molecular weight is 158 g/mol. The first-order valence-corrected chi connectivity index (χ1v) is 4.03. The average Bonchev–Trinajstić information content (AvgIpc) is 1.97. The molecule has 3 nitrogen and oxygen atoms in total. The van der Waals surface area contributed by atoms with Crippen molar-refractivity contribution in [3.05, 3.63) is 0 Å². The Bertz CT molecular complexity index is 113. The van der Waals surface area contributed by atoms with Crippen molar-refractivity contribution >= 4 is 5.78 Å². The van der Waals surface area contributed by atoms with Crippen molar-refractivity contribution in [3.8, 4) is 0 Å². The van der Waals surface area contributed by atoms with Crippen LogP contribution in [0.5, 0.6) is 0 Å². The molecule has 0 rings (SSSR count). The summed E-state index contributed by atoms with van der Waals surface area (Å²) >= 11 is 0. The zero-order chi connectivity index (χ0) is 8.69. The van der Waals surface area contributed by atoms with Crippen LogP contribution in [-0.4, -0.2) is 37.9 Å². The second-order valence-corrected chi connectivity index (χ2v) is 2.98. The third-order valence-electron chi connectivity index (χ3n) is 1.50. The van der Waals surface area contributed by atoms with Gasteiger partial charge in [-0.25, -0.2) is 0 Å². The summed E-state index contributed by atoms with van der Waals surface area (Å²) in [5, 5.41) is 0. The molecule has 0 spiro atoms. The molecule has 66 valence electrons. The minimum Gasteiger partial charge on any atom is -0.330 e. The molecule has 0 aliphatic carbocycles. The fourth-order valence-electron chi connectivity index (χ4n) is 0.773. The highest BCUT2D eigenvalue weighted by Gasteiger charge is 2.00. The highest BCUT2D eigenvalue weighted by molar-refractivity contribution is 5.78. The number of ketones is 1. The van der Waals surface area contributed by atoms with Crippen LogP contribution < -0.4 is 5.73 Å². The molecule has 0 atom stereocenters. The van der Waals surface area contributed by atoms with E-state index in [0.717, 1.165) is 13.0 Å². The van der Waals surface area contributed by atoms with E-state index in [1.165, 1.54) is 0 Å². The molecule has 0 saturated carbocycles. The van der Waals surface area contributed by atoms with Crippen molar-refractivity contribution in [2.75, 3.05) is 27.2 Å². The summed E-state index contributed by atoms with van der Waals surface area (Å²) in [5.74, 6) is 0.323. The van der Waals surface area contributed by atoms with Gasteiger partial charge >= 0.3 is 0 Å². The quantitative estimate of drug-likeness (QED) is 0.602. The predicted octanol–water partition coefficient (Wildman–Crippen LogP) is 0.246. The number of hydrogen-bond acceptors (Lipinski definition) is 3. The highest BCUT2D eigenvalue weighted by Crippen LogP contribution is 1.94. The van der Waals surface area contributed by atoms with Gasteiger partial charge in [-0.15, -0.1) is 0 Å². The number of carbonyl (C=O) groups is 1. The second-order valence-electron chi connectivity index (χ2n) is 2.98. The zero-order valence-electron chi connectivity index (χ0n) is 7.47. The molecule has 0 fully saturated rings. The van der Waals surface area contributed by atoms with Gasteiger partial charge in [0.05, 0.1) is 0 Å². The summed E-state index contributed by atoms with van der Waals surface area (Å²) in [6.07, 6.45) is 2.13. The van der Waals surface area contributed by atoms with Crippen LogP contribution >= 0.6 is 0 Å². The summed E-state index contributed by atoms with van der Waals surface area (Å²) in [6, 6.07) is 0. The van der Waals surface area contributed by atoms with Crippen LogP contribution in [0.2, 0.25) is 0 Å². The molecule has 0 heterocycles. The maximum Gasteiger partial charge on any atom is 0.134 e. The first-order valence-electron chi connectivity index (χ1n) is 4.03. The first kappa shape index (κ1) is 10.6. The van der Waals surface area contributed by atoms with Crippen LogP contribution in [0, 0.1) is 0 Å². The van der Waals surface area contributed by atoms with Crippen LogP contribution in [0.4, 0.5) is 0 Å². The Kier molecular flexibility index (Phi) is 6.07. The Labute approximate surface area is 68.6 Å². The standard InChI is InChI=1S/C8H18N2O/c1-10(2)7-5-8(11)4-3-6-9/h3-7,9H2,1-2H3. The van der Waals surface area contributed by atoms with Gasteiger partial charge in [-0.05, 0) is 27.1 Å².